The quantitative estimate of drug-likeness (QED) is 0.187. The van der Waals surface area contributed by atoms with E-state index >= 15 is 0 Å². The number of aliphatic carboxylic acids is 1. The van der Waals surface area contributed by atoms with Gasteiger partial charge in [0.25, 0.3) is 0 Å². The van der Waals surface area contributed by atoms with E-state index in [1.807, 2.05) is 0 Å². The van der Waals surface area contributed by atoms with Crippen LogP contribution in [0.3, 0.4) is 0 Å². The van der Waals surface area contributed by atoms with Crippen molar-refractivity contribution in [2.75, 3.05) is 13.1 Å². The Morgan fingerprint density at radius 1 is 1.00 bits per heavy atom. The number of hydrogen-bond acceptors (Lipinski definition) is 7. The smallest absolute Gasteiger partial charge is 0.326 e. The van der Waals surface area contributed by atoms with Crippen molar-refractivity contribution in [3.63, 3.8) is 0 Å². The molecule has 5 rings (SSSR count). The van der Waals surface area contributed by atoms with Crippen molar-refractivity contribution in [2.24, 2.45) is 46.3 Å². The first-order chi connectivity index (χ1) is 20.8. The van der Waals surface area contributed by atoms with E-state index in [4.69, 9.17) is 0 Å². The van der Waals surface area contributed by atoms with E-state index in [2.05, 4.69) is 31.4 Å². The number of carbonyl (C=O) groups excluding carboxylic acids is 1. The minimum Gasteiger partial charge on any atom is -0.508 e. The van der Waals surface area contributed by atoms with E-state index in [1.54, 1.807) is 12.1 Å². The molecule has 44 heavy (non-hydrogen) atoms. The van der Waals surface area contributed by atoms with Crippen molar-refractivity contribution >= 4 is 11.9 Å². The van der Waals surface area contributed by atoms with Crippen molar-refractivity contribution in [2.45, 2.75) is 109 Å². The maximum absolute atomic E-state index is 12.5. The van der Waals surface area contributed by atoms with E-state index in [0.717, 1.165) is 57.8 Å². The highest BCUT2D eigenvalue weighted by molar-refractivity contribution is 5.84. The average Bonchev–Trinajstić information content (AvgIpc) is 3.33. The molecule has 7 N–H and O–H groups in total. The maximum Gasteiger partial charge on any atom is 0.326 e. The Kier molecular flexibility index (Phi) is 10.0. The third-order valence-corrected chi connectivity index (χ3v) is 12.8. The number of phenols is 1. The Bertz CT molecular complexity index is 1160. The van der Waals surface area contributed by atoms with Crippen LogP contribution in [-0.4, -0.2) is 74.9 Å². The number of fused-ring (bicyclic) bond motifs is 5. The van der Waals surface area contributed by atoms with E-state index < -0.39 is 18.1 Å². The van der Waals surface area contributed by atoms with Gasteiger partial charge >= 0.3 is 5.97 Å². The molecule has 0 radical (unpaired) electrons. The summed E-state index contributed by atoms with van der Waals surface area (Å²) in [5.74, 6) is 0.510. The Labute approximate surface area is 261 Å². The molecule has 0 heterocycles. The van der Waals surface area contributed by atoms with E-state index in [1.165, 1.54) is 12.1 Å². The number of aliphatic hydroxyl groups excluding tert-OH is 3. The number of aromatic hydroxyl groups is 1. The molecule has 4 saturated carbocycles. The molecule has 0 bridgehead atoms. The minimum atomic E-state index is -1.10. The lowest BCUT2D eigenvalue weighted by molar-refractivity contribution is -0.207. The highest BCUT2D eigenvalue weighted by Crippen LogP contribution is 2.68. The first-order valence-corrected chi connectivity index (χ1v) is 16.9. The summed E-state index contributed by atoms with van der Waals surface area (Å²) in [4.78, 5) is 24.2. The van der Waals surface area contributed by atoms with Crippen molar-refractivity contribution in [1.82, 2.24) is 10.6 Å². The van der Waals surface area contributed by atoms with E-state index in [9.17, 15) is 35.1 Å². The SMILES string of the molecule is C[C@H](CCCNCC(=O)NC(Cc1ccc(O)cc1)C(=O)O)[C@H]1CC[C@H]2[C@@H]3[C@H](O)C[C@@H]4C[C@H](O)CC[C@]4(C)[C@H]3C[C@H](O)[C@]12C. The third kappa shape index (κ3) is 6.39. The van der Waals surface area contributed by atoms with Crippen molar-refractivity contribution in [3.8, 4) is 5.75 Å². The van der Waals surface area contributed by atoms with Crippen LogP contribution in [0.4, 0.5) is 0 Å². The van der Waals surface area contributed by atoms with Crippen LogP contribution in [0.15, 0.2) is 24.3 Å². The second kappa shape index (κ2) is 13.3. The van der Waals surface area contributed by atoms with Crippen molar-refractivity contribution in [3.05, 3.63) is 29.8 Å². The molecule has 9 nitrogen and oxygen atoms in total. The fraction of sp³-hybridized carbons (Fsp3) is 0.771. The lowest BCUT2D eigenvalue weighted by Crippen LogP contribution is -2.62. The Morgan fingerprint density at radius 3 is 2.43 bits per heavy atom. The predicted octanol–water partition coefficient (Wildman–Crippen LogP) is 3.47. The van der Waals surface area contributed by atoms with Gasteiger partial charge in [0.1, 0.15) is 11.8 Å². The van der Waals surface area contributed by atoms with E-state index in [-0.39, 0.29) is 53.6 Å². The summed E-state index contributed by atoms with van der Waals surface area (Å²) in [5, 5.41) is 58.4. The number of phenolic OH excluding ortho intramolecular Hbond substituents is 1. The molecule has 0 saturated heterocycles. The molecule has 246 valence electrons. The monoisotopic (exact) mass is 614 g/mol. The second-order valence-corrected chi connectivity index (χ2v) is 15.2. The fourth-order valence-corrected chi connectivity index (χ4v) is 10.4. The summed E-state index contributed by atoms with van der Waals surface area (Å²) in [6.45, 7) is 7.59. The highest BCUT2D eigenvalue weighted by Gasteiger charge is 2.65. The number of benzene rings is 1. The number of carbonyl (C=O) groups is 2. The van der Waals surface area contributed by atoms with Crippen LogP contribution in [0.5, 0.6) is 5.75 Å². The third-order valence-electron chi connectivity index (χ3n) is 12.8. The van der Waals surface area contributed by atoms with Crippen LogP contribution < -0.4 is 10.6 Å². The molecule has 0 spiro atoms. The van der Waals surface area contributed by atoms with Crippen LogP contribution in [0.1, 0.15) is 84.1 Å². The lowest BCUT2D eigenvalue weighted by atomic mass is 9.43. The summed E-state index contributed by atoms with van der Waals surface area (Å²) < 4.78 is 0. The Balaban J connectivity index is 1.10. The highest BCUT2D eigenvalue weighted by atomic mass is 16.4. The summed E-state index contributed by atoms with van der Waals surface area (Å²) in [6.07, 6.45) is 7.09. The first-order valence-electron chi connectivity index (χ1n) is 16.9. The van der Waals surface area contributed by atoms with Gasteiger partial charge in [-0.2, -0.15) is 0 Å². The summed E-state index contributed by atoms with van der Waals surface area (Å²) in [7, 11) is 0. The normalized spacial score (nSPS) is 39.4. The molecule has 0 aliphatic heterocycles. The zero-order valence-corrected chi connectivity index (χ0v) is 26.6. The van der Waals surface area contributed by atoms with Crippen LogP contribution in [0.25, 0.3) is 0 Å². The van der Waals surface area contributed by atoms with Gasteiger partial charge in [0.15, 0.2) is 0 Å². The van der Waals surface area contributed by atoms with Gasteiger partial charge in [-0.25, -0.2) is 4.79 Å². The number of carboxylic acid groups (broad SMARTS) is 1. The summed E-state index contributed by atoms with van der Waals surface area (Å²) in [5.41, 5.74) is 0.558. The molecule has 12 atom stereocenters. The maximum atomic E-state index is 12.5. The molecular formula is C35H54N2O7. The lowest BCUT2D eigenvalue weighted by Gasteiger charge is -2.63. The molecule has 4 fully saturated rings. The van der Waals surface area contributed by atoms with Crippen LogP contribution >= 0.6 is 0 Å². The van der Waals surface area contributed by atoms with Crippen LogP contribution in [-0.2, 0) is 16.0 Å². The largest absolute Gasteiger partial charge is 0.508 e. The summed E-state index contributed by atoms with van der Waals surface area (Å²) >= 11 is 0. The predicted molar refractivity (Wildman–Crippen MR) is 167 cm³/mol. The number of hydrogen-bond donors (Lipinski definition) is 7. The number of amides is 1. The van der Waals surface area contributed by atoms with Crippen LogP contribution in [0.2, 0.25) is 0 Å². The van der Waals surface area contributed by atoms with Gasteiger partial charge in [0.2, 0.25) is 5.91 Å². The Hall–Kier alpha value is -2.20. The number of nitrogens with one attached hydrogen (secondary N) is 2. The molecule has 1 aromatic rings. The standard InChI is InChI=1S/C35H54N2O7/c1-20(5-4-14-36-19-31(42)37-28(33(43)44)15-21-6-8-23(38)9-7-21)25-10-11-26-32-27(18-30(41)35(25,26)3)34(2)13-12-24(39)16-22(34)17-29(32)40/h6-9,20,22,24-30,32,36,38-41H,4-5,10-19H2,1-3H3,(H,37,42)(H,43,44)/t20-,22+,24-,25-,26+,27+,28?,29-,30+,32+,34+,35-/m1/s1. The zero-order valence-electron chi connectivity index (χ0n) is 26.6. The molecule has 0 aromatic heterocycles. The van der Waals surface area contributed by atoms with Gasteiger partial charge in [0, 0.05) is 6.42 Å². The zero-order chi connectivity index (χ0) is 31.8. The molecule has 4 aliphatic rings. The van der Waals surface area contributed by atoms with Crippen molar-refractivity contribution < 1.29 is 35.1 Å². The fourth-order valence-electron chi connectivity index (χ4n) is 10.4. The first kappa shape index (κ1) is 33.2. The van der Waals surface area contributed by atoms with Crippen LogP contribution in [0, 0.1) is 46.3 Å². The van der Waals surface area contributed by atoms with Gasteiger partial charge in [0.05, 0.1) is 24.9 Å². The second-order valence-electron chi connectivity index (χ2n) is 15.2. The van der Waals surface area contributed by atoms with Gasteiger partial charge < -0.3 is 36.2 Å². The molecule has 1 unspecified atom stereocenters. The molecule has 9 heteroatoms. The number of carboxylic acids is 1. The molecule has 1 amide bonds. The van der Waals surface area contributed by atoms with Gasteiger partial charge in [-0.3, -0.25) is 4.79 Å². The topological polar surface area (TPSA) is 159 Å². The molecule has 1 aromatic carbocycles. The minimum absolute atomic E-state index is 0.0351. The molecule has 4 aliphatic carbocycles. The van der Waals surface area contributed by atoms with Gasteiger partial charge in [-0.1, -0.05) is 32.9 Å². The van der Waals surface area contributed by atoms with Gasteiger partial charge in [-0.05, 0) is 128 Å². The average molecular weight is 615 g/mol. The Morgan fingerprint density at radius 2 is 1.73 bits per heavy atom. The summed E-state index contributed by atoms with van der Waals surface area (Å²) in [6, 6.07) is 5.23. The number of rotatable bonds is 11. The number of aliphatic hydroxyl groups is 3. The molecular weight excluding hydrogens is 560 g/mol. The van der Waals surface area contributed by atoms with Gasteiger partial charge in [-0.15, -0.1) is 0 Å². The van der Waals surface area contributed by atoms with E-state index in [0.29, 0.717) is 41.7 Å². The van der Waals surface area contributed by atoms with Crippen molar-refractivity contribution in [1.29, 1.82) is 0 Å².